The smallest absolute Gasteiger partial charge is 0.328 e. The van der Waals surface area contributed by atoms with Crippen LogP contribution >= 0.6 is 0 Å². The normalized spacial score (nSPS) is 34.7. The Balaban J connectivity index is 1.13. The van der Waals surface area contributed by atoms with Crippen LogP contribution in [0.5, 0.6) is 0 Å². The molecule has 0 unspecified atom stereocenters. The van der Waals surface area contributed by atoms with Gasteiger partial charge < -0.3 is 24.9 Å². The molecule has 3 aromatic rings. The van der Waals surface area contributed by atoms with Crippen molar-refractivity contribution in [3.8, 4) is 0 Å². The van der Waals surface area contributed by atoms with Crippen LogP contribution in [-0.2, 0) is 38.8 Å². The van der Waals surface area contributed by atoms with Crippen molar-refractivity contribution in [2.45, 2.75) is 91.7 Å². The third-order valence-electron chi connectivity index (χ3n) is 11.6. The lowest BCUT2D eigenvalue weighted by molar-refractivity contribution is -0.207. The Labute approximate surface area is 262 Å². The van der Waals surface area contributed by atoms with E-state index < -0.39 is 29.0 Å². The zero-order valence-corrected chi connectivity index (χ0v) is 26.6. The number of ether oxygens (including phenoxy) is 2. The van der Waals surface area contributed by atoms with E-state index in [9.17, 15) is 14.7 Å². The number of carbonyl (C=O) groups excluding carboxylic acids is 2. The Kier molecular flexibility index (Phi) is 8.05. The molecule has 3 saturated carbocycles. The van der Waals surface area contributed by atoms with Gasteiger partial charge in [-0.3, -0.25) is 9.59 Å². The SMILES string of the molecule is C=C[C@]1(C)C[C@@H](OC(=O)Cn2cc(COCCn3cnc4c(N)ncnc43)nn2)[C@]2(C)[C@H](C)CC[C@]3(CCC(=O)[C@H]32)[C@@H](C)[C@@H]1O. The van der Waals surface area contributed by atoms with E-state index in [0.717, 1.165) is 19.3 Å². The number of hydrogen-bond donors (Lipinski definition) is 2. The minimum atomic E-state index is -0.709. The van der Waals surface area contributed by atoms with Crippen molar-refractivity contribution < 1.29 is 24.2 Å². The molecule has 3 aliphatic carbocycles. The van der Waals surface area contributed by atoms with Gasteiger partial charge in [0.2, 0.25) is 0 Å². The highest BCUT2D eigenvalue weighted by Crippen LogP contribution is 2.68. The van der Waals surface area contributed by atoms with Gasteiger partial charge in [0.25, 0.3) is 0 Å². The maximum atomic E-state index is 13.6. The lowest BCUT2D eigenvalue weighted by Crippen LogP contribution is -2.63. The number of esters is 1. The highest BCUT2D eigenvalue weighted by atomic mass is 16.5. The standard InChI is InChI=1S/C32H44N8O5/c1-6-30(4)13-23(31(5)19(2)7-9-32(20(3)27(30)43)10-8-22(41)26(31)32)45-24(42)15-40-14-21(37-38-40)16-44-12-11-39-18-36-25-28(33)34-17-35-29(25)39/h6,14,17-20,23,26-27,43H,1,7-13,15-16H2,2-5H3,(H2,33,34,35)/t19-,20+,23-,26+,27+,30-,31+,32+/m1/s1. The first-order valence-electron chi connectivity index (χ1n) is 15.8. The average Bonchev–Trinajstić information content (AvgIpc) is 3.74. The summed E-state index contributed by atoms with van der Waals surface area (Å²) in [7, 11) is 0. The second-order valence-electron chi connectivity index (χ2n) is 13.9. The number of imidazole rings is 1. The first-order chi connectivity index (χ1) is 21.4. The first-order valence-corrected chi connectivity index (χ1v) is 15.8. The summed E-state index contributed by atoms with van der Waals surface area (Å²) in [5, 5.41) is 20.0. The molecule has 0 spiro atoms. The van der Waals surface area contributed by atoms with Gasteiger partial charge in [-0.05, 0) is 42.9 Å². The molecule has 8 atom stereocenters. The summed E-state index contributed by atoms with van der Waals surface area (Å²) in [6.07, 6.45) is 8.67. The van der Waals surface area contributed by atoms with Crippen LogP contribution in [0.15, 0.2) is 31.5 Å². The van der Waals surface area contributed by atoms with E-state index in [-0.39, 0.29) is 42.1 Å². The number of rotatable bonds is 9. The molecule has 0 saturated heterocycles. The molecule has 13 heteroatoms. The van der Waals surface area contributed by atoms with Gasteiger partial charge in [-0.15, -0.1) is 11.7 Å². The Morgan fingerprint density at radius 1 is 1.24 bits per heavy atom. The van der Waals surface area contributed by atoms with Gasteiger partial charge in [-0.2, -0.15) is 0 Å². The van der Waals surface area contributed by atoms with Gasteiger partial charge in [0, 0.05) is 29.7 Å². The van der Waals surface area contributed by atoms with Crippen molar-refractivity contribution in [3.63, 3.8) is 0 Å². The van der Waals surface area contributed by atoms with Crippen LogP contribution in [-0.4, -0.2) is 70.2 Å². The van der Waals surface area contributed by atoms with Gasteiger partial charge in [0.05, 0.1) is 31.8 Å². The second kappa shape index (κ2) is 11.6. The predicted molar refractivity (Wildman–Crippen MR) is 164 cm³/mol. The Morgan fingerprint density at radius 2 is 2.04 bits per heavy atom. The highest BCUT2D eigenvalue weighted by Gasteiger charge is 2.68. The monoisotopic (exact) mass is 620 g/mol. The van der Waals surface area contributed by atoms with Crippen LogP contribution in [0.4, 0.5) is 5.82 Å². The quantitative estimate of drug-likeness (QED) is 0.204. The van der Waals surface area contributed by atoms with Crippen LogP contribution in [0.3, 0.4) is 0 Å². The molecule has 0 amide bonds. The van der Waals surface area contributed by atoms with Gasteiger partial charge in [-0.1, -0.05) is 39.0 Å². The van der Waals surface area contributed by atoms with E-state index in [1.165, 1.54) is 11.0 Å². The fraction of sp³-hybridized carbons (Fsp3) is 0.656. The zero-order chi connectivity index (χ0) is 32.1. The number of nitrogens with two attached hydrogens (primary N) is 1. The molecule has 2 bridgehead atoms. The number of ketones is 1. The van der Waals surface area contributed by atoms with Crippen LogP contribution in [0.25, 0.3) is 11.2 Å². The van der Waals surface area contributed by atoms with Crippen molar-refractivity contribution in [1.82, 2.24) is 34.5 Å². The predicted octanol–water partition coefficient (Wildman–Crippen LogP) is 3.12. The van der Waals surface area contributed by atoms with Gasteiger partial charge in [0.1, 0.15) is 36.0 Å². The maximum Gasteiger partial charge on any atom is 0.328 e. The van der Waals surface area contributed by atoms with E-state index in [4.69, 9.17) is 15.2 Å². The molecule has 45 heavy (non-hydrogen) atoms. The largest absolute Gasteiger partial charge is 0.460 e. The van der Waals surface area contributed by atoms with Gasteiger partial charge in [-0.25, -0.2) is 19.6 Å². The number of nitrogen functional groups attached to an aromatic ring is 1. The van der Waals surface area contributed by atoms with E-state index in [1.54, 1.807) is 18.6 Å². The maximum absolute atomic E-state index is 13.6. The molecular formula is C32H44N8O5. The number of anilines is 1. The summed E-state index contributed by atoms with van der Waals surface area (Å²) in [5.41, 5.74) is 6.03. The number of hydrogen-bond acceptors (Lipinski definition) is 11. The summed E-state index contributed by atoms with van der Waals surface area (Å²) in [6.45, 7) is 13.4. The molecule has 3 heterocycles. The molecule has 0 radical (unpaired) electrons. The number of aliphatic hydroxyl groups excluding tert-OH is 1. The highest BCUT2D eigenvalue weighted by molar-refractivity contribution is 5.86. The molecule has 6 rings (SSSR count). The summed E-state index contributed by atoms with van der Waals surface area (Å²) in [6, 6.07) is 0. The van der Waals surface area contributed by atoms with Crippen LogP contribution < -0.4 is 5.73 Å². The molecule has 3 fully saturated rings. The van der Waals surface area contributed by atoms with E-state index >= 15 is 0 Å². The summed E-state index contributed by atoms with van der Waals surface area (Å²) in [4.78, 5) is 39.5. The third kappa shape index (κ3) is 5.13. The van der Waals surface area contributed by atoms with Crippen LogP contribution in [0.1, 0.15) is 65.5 Å². The second-order valence-corrected chi connectivity index (χ2v) is 13.9. The summed E-state index contributed by atoms with van der Waals surface area (Å²) in [5.74, 6) is -0.101. The number of nitrogens with zero attached hydrogens (tertiary/aromatic N) is 7. The van der Waals surface area contributed by atoms with E-state index in [0.29, 0.717) is 48.7 Å². The lowest BCUT2D eigenvalue weighted by atomic mass is 9.44. The molecule has 3 N–H and O–H groups in total. The molecule has 3 aromatic heterocycles. The van der Waals surface area contributed by atoms with Crippen molar-refractivity contribution in [3.05, 3.63) is 37.2 Å². The third-order valence-corrected chi connectivity index (χ3v) is 11.6. The van der Waals surface area contributed by atoms with Crippen molar-refractivity contribution in [2.75, 3.05) is 12.3 Å². The Hall–Kier alpha value is -3.71. The van der Waals surface area contributed by atoms with E-state index in [1.807, 2.05) is 11.5 Å². The van der Waals surface area contributed by atoms with E-state index in [2.05, 4.69) is 52.6 Å². The summed E-state index contributed by atoms with van der Waals surface area (Å²) >= 11 is 0. The molecule has 13 nitrogen and oxygen atoms in total. The minimum absolute atomic E-state index is 0.0803. The number of carbonyl (C=O) groups is 2. The van der Waals surface area contributed by atoms with Gasteiger partial charge >= 0.3 is 5.97 Å². The zero-order valence-electron chi connectivity index (χ0n) is 26.6. The van der Waals surface area contributed by atoms with Gasteiger partial charge in [0.15, 0.2) is 11.5 Å². The van der Waals surface area contributed by atoms with Crippen molar-refractivity contribution in [2.24, 2.45) is 34.0 Å². The molecule has 242 valence electrons. The molecule has 3 aliphatic rings. The molecule has 0 aromatic carbocycles. The Morgan fingerprint density at radius 3 is 2.82 bits per heavy atom. The number of aliphatic hydroxyl groups is 1. The fourth-order valence-electron chi connectivity index (χ4n) is 8.71. The number of aromatic nitrogens is 7. The van der Waals surface area contributed by atoms with Crippen LogP contribution in [0.2, 0.25) is 0 Å². The minimum Gasteiger partial charge on any atom is -0.460 e. The topological polar surface area (TPSA) is 173 Å². The average molecular weight is 621 g/mol. The first kappa shape index (κ1) is 31.3. The summed E-state index contributed by atoms with van der Waals surface area (Å²) < 4.78 is 15.4. The number of Topliss-reactive ketones (excluding diaryl/α,β-unsaturated/α-hetero) is 1. The number of fused-ring (bicyclic) bond motifs is 1. The molecular weight excluding hydrogens is 576 g/mol. The van der Waals surface area contributed by atoms with Crippen molar-refractivity contribution >= 4 is 28.7 Å². The van der Waals surface area contributed by atoms with Crippen LogP contribution in [0, 0.1) is 34.0 Å². The molecule has 0 aliphatic heterocycles. The lowest BCUT2D eigenvalue weighted by Gasteiger charge is -2.61. The van der Waals surface area contributed by atoms with Crippen molar-refractivity contribution in [1.29, 1.82) is 0 Å². The Bertz CT molecular complexity index is 1600. The fourth-order valence-corrected chi connectivity index (χ4v) is 8.71.